The van der Waals surface area contributed by atoms with E-state index in [-0.39, 0.29) is 6.54 Å². The van der Waals surface area contributed by atoms with E-state index >= 15 is 0 Å². The van der Waals surface area contributed by atoms with Crippen LogP contribution in [0.4, 0.5) is 0 Å². The molecule has 0 rings (SSSR count). The second-order valence-electron chi connectivity index (χ2n) is 7.96. The first-order valence-electron chi connectivity index (χ1n) is 10.8. The van der Waals surface area contributed by atoms with Crippen molar-refractivity contribution in [3.05, 3.63) is 0 Å². The Morgan fingerprint density at radius 1 is 0.536 bits per heavy atom. The van der Waals surface area contributed by atoms with Crippen molar-refractivity contribution in [2.24, 2.45) is 0 Å². The first-order chi connectivity index (χ1) is 13.3. The van der Waals surface area contributed by atoms with E-state index in [1.807, 2.05) is 0 Å². The lowest BCUT2D eigenvalue weighted by atomic mass is 10.0. The van der Waals surface area contributed by atoms with E-state index < -0.39 is 42.0 Å². The molecular formula is C21H40NO6+. The predicted molar refractivity (Wildman–Crippen MR) is 108 cm³/mol. The molecule has 0 radical (unpaired) electrons. The Morgan fingerprint density at radius 3 is 1.11 bits per heavy atom. The van der Waals surface area contributed by atoms with Gasteiger partial charge in [-0.3, -0.25) is 4.48 Å². The van der Waals surface area contributed by atoms with Crippen molar-refractivity contribution in [2.75, 3.05) is 26.2 Å². The maximum absolute atomic E-state index is 11.1. The minimum atomic E-state index is -1.17. The van der Waals surface area contributed by atoms with Crippen LogP contribution in [0.3, 0.4) is 0 Å². The molecule has 0 aliphatic carbocycles. The van der Waals surface area contributed by atoms with Crippen molar-refractivity contribution >= 4 is 17.9 Å². The lowest BCUT2D eigenvalue weighted by molar-refractivity contribution is -0.907. The second kappa shape index (κ2) is 16.3. The minimum absolute atomic E-state index is 0.267. The zero-order valence-corrected chi connectivity index (χ0v) is 17.5. The molecule has 3 N–H and O–H groups in total. The molecule has 7 heteroatoms. The number of rotatable bonds is 20. The lowest BCUT2D eigenvalue weighted by Gasteiger charge is -2.34. The van der Waals surface area contributed by atoms with Gasteiger partial charge in [-0.25, -0.2) is 14.4 Å². The fraction of sp³-hybridized carbons (Fsp3) is 0.857. The van der Waals surface area contributed by atoms with Crippen LogP contribution in [0.2, 0.25) is 0 Å². The summed E-state index contributed by atoms with van der Waals surface area (Å²) in [6.45, 7) is 1.07. The molecule has 0 aliphatic rings. The van der Waals surface area contributed by atoms with Crippen LogP contribution < -0.4 is 0 Å². The molecule has 0 heterocycles. The average molecular weight is 403 g/mol. The normalized spacial score (nSPS) is 11.5. The number of unbranched alkanes of at least 4 members (excludes halogenated alkanes) is 12. The van der Waals surface area contributed by atoms with Gasteiger partial charge in [0.05, 0.1) is 6.54 Å². The summed E-state index contributed by atoms with van der Waals surface area (Å²) in [6, 6.07) is 0. The van der Waals surface area contributed by atoms with Crippen LogP contribution in [0, 0.1) is 0 Å². The molecule has 0 bridgehead atoms. The van der Waals surface area contributed by atoms with Crippen molar-refractivity contribution in [3.63, 3.8) is 0 Å². The van der Waals surface area contributed by atoms with Crippen LogP contribution in [-0.2, 0) is 14.4 Å². The molecule has 0 atom stereocenters. The highest BCUT2D eigenvalue weighted by molar-refractivity contribution is 5.73. The average Bonchev–Trinajstić information content (AvgIpc) is 2.57. The van der Waals surface area contributed by atoms with Crippen molar-refractivity contribution in [2.45, 2.75) is 90.4 Å². The lowest BCUT2D eigenvalue weighted by Crippen LogP contribution is -2.57. The molecular weight excluding hydrogens is 362 g/mol. The first kappa shape index (κ1) is 26.4. The smallest absolute Gasteiger partial charge is 0.359 e. The van der Waals surface area contributed by atoms with Gasteiger partial charge in [0, 0.05) is 0 Å². The fourth-order valence-electron chi connectivity index (χ4n) is 3.73. The maximum atomic E-state index is 11.1. The van der Waals surface area contributed by atoms with Crippen LogP contribution >= 0.6 is 0 Å². The molecule has 0 aromatic heterocycles. The third-order valence-corrected chi connectivity index (χ3v) is 5.15. The third-order valence-electron chi connectivity index (χ3n) is 5.15. The zero-order valence-electron chi connectivity index (χ0n) is 17.5. The molecule has 0 unspecified atom stereocenters. The van der Waals surface area contributed by atoms with Gasteiger partial charge in [-0.05, 0) is 12.8 Å². The molecule has 7 nitrogen and oxygen atoms in total. The highest BCUT2D eigenvalue weighted by Gasteiger charge is 2.35. The van der Waals surface area contributed by atoms with Crippen molar-refractivity contribution < 1.29 is 34.2 Å². The number of aliphatic carboxylic acids is 3. The Morgan fingerprint density at radius 2 is 0.821 bits per heavy atom. The number of quaternary nitrogens is 1. The molecule has 0 amide bonds. The summed E-state index contributed by atoms with van der Waals surface area (Å²) in [5, 5.41) is 27.2. The molecule has 0 aliphatic heterocycles. The third kappa shape index (κ3) is 15.4. The molecule has 0 fully saturated rings. The van der Waals surface area contributed by atoms with E-state index in [0.29, 0.717) is 6.42 Å². The molecule has 0 aromatic carbocycles. The van der Waals surface area contributed by atoms with Gasteiger partial charge in [-0.15, -0.1) is 0 Å². The Kier molecular flexibility index (Phi) is 15.4. The summed E-state index contributed by atoms with van der Waals surface area (Å²) in [5.74, 6) is -3.51. The molecule has 164 valence electrons. The topological polar surface area (TPSA) is 112 Å². The molecule has 0 aromatic rings. The fourth-order valence-corrected chi connectivity index (χ4v) is 3.73. The van der Waals surface area contributed by atoms with Gasteiger partial charge in [-0.1, -0.05) is 77.6 Å². The monoisotopic (exact) mass is 402 g/mol. The number of nitrogens with zero attached hydrogens (tertiary/aromatic N) is 1. The standard InChI is InChI=1S/C21H39NO6/c1-2-3-4-5-6-7-8-9-10-11-12-13-14-15-22(16-19(23)24,17-20(25)26)18-21(27)28/h2-18H2,1H3,(H2-,23,24,25,26,27,28)/p+1. The molecule has 0 saturated carbocycles. The summed E-state index contributed by atoms with van der Waals surface area (Å²) in [5.41, 5.74) is 0. The summed E-state index contributed by atoms with van der Waals surface area (Å²) in [6.07, 6.45) is 15.3. The van der Waals surface area contributed by atoms with E-state index in [4.69, 9.17) is 15.3 Å². The number of carboxylic acids is 3. The van der Waals surface area contributed by atoms with E-state index in [0.717, 1.165) is 19.3 Å². The van der Waals surface area contributed by atoms with Crippen molar-refractivity contribution in [1.82, 2.24) is 0 Å². The SMILES string of the molecule is CCCCCCCCCCCCCCC[N+](CC(=O)O)(CC(=O)O)CC(=O)O. The Hall–Kier alpha value is -1.63. The van der Waals surface area contributed by atoms with E-state index in [9.17, 15) is 14.4 Å². The van der Waals surface area contributed by atoms with Gasteiger partial charge in [-0.2, -0.15) is 0 Å². The van der Waals surface area contributed by atoms with Gasteiger partial charge >= 0.3 is 17.9 Å². The number of hydrogen-bond donors (Lipinski definition) is 3. The summed E-state index contributed by atoms with van der Waals surface area (Å²) in [7, 11) is 0. The number of hydrogen-bond acceptors (Lipinski definition) is 3. The molecule has 0 spiro atoms. The maximum Gasteiger partial charge on any atom is 0.359 e. The highest BCUT2D eigenvalue weighted by Crippen LogP contribution is 2.15. The van der Waals surface area contributed by atoms with Crippen LogP contribution in [0.1, 0.15) is 90.4 Å². The summed E-state index contributed by atoms with van der Waals surface area (Å²) in [4.78, 5) is 33.3. The van der Waals surface area contributed by atoms with Gasteiger partial charge in [0.1, 0.15) is 0 Å². The van der Waals surface area contributed by atoms with Gasteiger partial charge in [0.2, 0.25) is 0 Å². The summed E-state index contributed by atoms with van der Waals surface area (Å²) < 4.78 is -0.433. The molecule has 0 saturated heterocycles. The van der Waals surface area contributed by atoms with Crippen molar-refractivity contribution in [1.29, 1.82) is 0 Å². The van der Waals surface area contributed by atoms with Gasteiger partial charge in [0.25, 0.3) is 0 Å². The van der Waals surface area contributed by atoms with Crippen LogP contribution in [0.5, 0.6) is 0 Å². The van der Waals surface area contributed by atoms with Crippen LogP contribution in [0.15, 0.2) is 0 Å². The quantitative estimate of drug-likeness (QED) is 0.208. The van der Waals surface area contributed by atoms with Gasteiger partial charge < -0.3 is 15.3 Å². The van der Waals surface area contributed by atoms with E-state index in [1.54, 1.807) is 0 Å². The minimum Gasteiger partial charge on any atom is -0.477 e. The van der Waals surface area contributed by atoms with E-state index in [1.165, 1.54) is 57.8 Å². The largest absolute Gasteiger partial charge is 0.477 e. The molecule has 28 heavy (non-hydrogen) atoms. The second-order valence-corrected chi connectivity index (χ2v) is 7.96. The predicted octanol–water partition coefficient (Wildman–Crippen LogP) is 4.15. The van der Waals surface area contributed by atoms with E-state index in [2.05, 4.69) is 6.92 Å². The number of carboxylic acid groups (broad SMARTS) is 3. The number of carbonyl (C=O) groups is 3. The first-order valence-corrected chi connectivity index (χ1v) is 10.8. The summed E-state index contributed by atoms with van der Waals surface area (Å²) >= 11 is 0. The Labute approximate surface area is 169 Å². The highest BCUT2D eigenvalue weighted by atomic mass is 16.4. The Bertz CT molecular complexity index is 411. The van der Waals surface area contributed by atoms with Crippen LogP contribution in [0.25, 0.3) is 0 Å². The Balaban J connectivity index is 3.99. The zero-order chi connectivity index (χ0) is 21.3. The van der Waals surface area contributed by atoms with Gasteiger partial charge in [0.15, 0.2) is 19.6 Å². The van der Waals surface area contributed by atoms with Crippen molar-refractivity contribution in [3.8, 4) is 0 Å². The van der Waals surface area contributed by atoms with Crippen LogP contribution in [-0.4, -0.2) is 63.9 Å².